The summed E-state index contributed by atoms with van der Waals surface area (Å²) >= 11 is 0. The molecule has 1 heterocycles. The van der Waals surface area contributed by atoms with Crippen molar-refractivity contribution in [3.8, 4) is 0 Å². The van der Waals surface area contributed by atoms with E-state index >= 15 is 0 Å². The standard InChI is InChI=1S/C12H10N2O3/c1-2-17-12(16)11(15)9-5-3-4-8-6-13-14-7-10(8)9/h3-7H,2H2,1H3. The maximum atomic E-state index is 11.8. The van der Waals surface area contributed by atoms with Crippen molar-refractivity contribution >= 4 is 22.5 Å². The molecule has 0 radical (unpaired) electrons. The van der Waals surface area contributed by atoms with Crippen LogP contribution in [0.2, 0.25) is 0 Å². The number of nitrogens with zero attached hydrogens (tertiary/aromatic N) is 2. The molecule has 0 saturated heterocycles. The molecule has 2 aromatic rings. The number of ether oxygens (including phenoxy) is 1. The molecular formula is C12H10N2O3. The van der Waals surface area contributed by atoms with Crippen LogP contribution in [-0.2, 0) is 9.53 Å². The summed E-state index contributed by atoms with van der Waals surface area (Å²) in [6, 6.07) is 5.06. The predicted octanol–water partition coefficient (Wildman–Crippen LogP) is 1.38. The lowest BCUT2D eigenvalue weighted by Crippen LogP contribution is -2.17. The van der Waals surface area contributed by atoms with Gasteiger partial charge in [-0.2, -0.15) is 10.2 Å². The Morgan fingerprint density at radius 3 is 2.76 bits per heavy atom. The second-order valence-electron chi connectivity index (χ2n) is 3.35. The molecule has 1 aromatic carbocycles. The van der Waals surface area contributed by atoms with Crippen molar-refractivity contribution in [2.24, 2.45) is 0 Å². The molecule has 0 unspecified atom stereocenters. The molecule has 5 heteroatoms. The Balaban J connectivity index is 2.48. The quantitative estimate of drug-likeness (QED) is 0.452. The van der Waals surface area contributed by atoms with Gasteiger partial charge in [0.25, 0.3) is 5.78 Å². The number of hydrogen-bond donors (Lipinski definition) is 0. The predicted molar refractivity (Wildman–Crippen MR) is 60.5 cm³/mol. The molecule has 0 fully saturated rings. The van der Waals surface area contributed by atoms with E-state index in [9.17, 15) is 9.59 Å². The van der Waals surface area contributed by atoms with Crippen LogP contribution >= 0.6 is 0 Å². The number of carbonyl (C=O) groups is 2. The lowest BCUT2D eigenvalue weighted by molar-refractivity contribution is -0.137. The van der Waals surface area contributed by atoms with Gasteiger partial charge in [-0.3, -0.25) is 4.79 Å². The van der Waals surface area contributed by atoms with Crippen LogP contribution in [0.15, 0.2) is 30.6 Å². The number of carbonyl (C=O) groups excluding carboxylic acids is 2. The molecule has 0 saturated carbocycles. The molecule has 5 nitrogen and oxygen atoms in total. The van der Waals surface area contributed by atoms with Gasteiger partial charge >= 0.3 is 5.97 Å². The summed E-state index contributed by atoms with van der Waals surface area (Å²) in [5.74, 6) is -1.51. The number of fused-ring (bicyclic) bond motifs is 1. The van der Waals surface area contributed by atoms with Crippen LogP contribution in [-0.4, -0.2) is 28.6 Å². The third-order valence-corrected chi connectivity index (χ3v) is 2.30. The minimum Gasteiger partial charge on any atom is -0.460 e. The summed E-state index contributed by atoms with van der Waals surface area (Å²) in [4.78, 5) is 23.2. The SMILES string of the molecule is CCOC(=O)C(=O)c1cccc2cnncc12. The Kier molecular flexibility index (Phi) is 3.09. The van der Waals surface area contributed by atoms with E-state index in [2.05, 4.69) is 14.9 Å². The van der Waals surface area contributed by atoms with Gasteiger partial charge in [0.2, 0.25) is 0 Å². The molecule has 0 aliphatic carbocycles. The van der Waals surface area contributed by atoms with Crippen molar-refractivity contribution in [3.63, 3.8) is 0 Å². The summed E-state index contributed by atoms with van der Waals surface area (Å²) < 4.78 is 4.68. The highest BCUT2D eigenvalue weighted by Crippen LogP contribution is 2.17. The van der Waals surface area contributed by atoms with Crippen molar-refractivity contribution in [1.82, 2.24) is 10.2 Å². The van der Waals surface area contributed by atoms with Gasteiger partial charge in [-0.15, -0.1) is 0 Å². The number of benzene rings is 1. The van der Waals surface area contributed by atoms with Crippen LogP contribution in [0.25, 0.3) is 10.8 Å². The largest absolute Gasteiger partial charge is 0.460 e. The zero-order valence-corrected chi connectivity index (χ0v) is 9.21. The first-order valence-electron chi connectivity index (χ1n) is 5.15. The van der Waals surface area contributed by atoms with Crippen molar-refractivity contribution in [1.29, 1.82) is 0 Å². The topological polar surface area (TPSA) is 69.2 Å². The number of rotatable bonds is 3. The van der Waals surface area contributed by atoms with Gasteiger partial charge in [0, 0.05) is 16.3 Å². The summed E-state index contributed by atoms with van der Waals surface area (Å²) in [5, 5.41) is 8.78. The van der Waals surface area contributed by atoms with Gasteiger partial charge in [0.05, 0.1) is 19.0 Å². The molecule has 0 N–H and O–H groups in total. The van der Waals surface area contributed by atoms with Crippen molar-refractivity contribution < 1.29 is 14.3 Å². The van der Waals surface area contributed by atoms with E-state index in [-0.39, 0.29) is 12.2 Å². The average molecular weight is 230 g/mol. The molecule has 0 atom stereocenters. The van der Waals surface area contributed by atoms with E-state index < -0.39 is 11.8 Å². The van der Waals surface area contributed by atoms with Crippen LogP contribution in [0, 0.1) is 0 Å². The van der Waals surface area contributed by atoms with Crippen LogP contribution < -0.4 is 0 Å². The fraction of sp³-hybridized carbons (Fsp3) is 0.167. The number of hydrogen-bond acceptors (Lipinski definition) is 5. The first kappa shape index (κ1) is 11.2. The molecular weight excluding hydrogens is 220 g/mol. The Morgan fingerprint density at radius 1 is 1.24 bits per heavy atom. The molecule has 0 aliphatic rings. The van der Waals surface area contributed by atoms with E-state index in [0.717, 1.165) is 5.39 Å². The summed E-state index contributed by atoms with van der Waals surface area (Å²) in [5.41, 5.74) is 0.288. The summed E-state index contributed by atoms with van der Waals surface area (Å²) in [7, 11) is 0. The second kappa shape index (κ2) is 4.69. The van der Waals surface area contributed by atoms with E-state index in [1.54, 1.807) is 25.1 Å². The minimum absolute atomic E-state index is 0.176. The number of ketones is 1. The van der Waals surface area contributed by atoms with E-state index in [4.69, 9.17) is 0 Å². The maximum absolute atomic E-state index is 11.8. The molecule has 86 valence electrons. The van der Waals surface area contributed by atoms with E-state index in [1.807, 2.05) is 0 Å². The lowest BCUT2D eigenvalue weighted by atomic mass is 10.0. The van der Waals surface area contributed by atoms with Gasteiger partial charge in [-0.25, -0.2) is 4.79 Å². The smallest absolute Gasteiger partial charge is 0.379 e. The van der Waals surface area contributed by atoms with Gasteiger partial charge < -0.3 is 4.74 Å². The van der Waals surface area contributed by atoms with Crippen molar-refractivity contribution in [3.05, 3.63) is 36.2 Å². The third-order valence-electron chi connectivity index (χ3n) is 2.30. The Hall–Kier alpha value is -2.30. The fourth-order valence-corrected chi connectivity index (χ4v) is 1.53. The van der Waals surface area contributed by atoms with E-state index in [0.29, 0.717) is 5.39 Å². The zero-order chi connectivity index (χ0) is 12.3. The summed E-state index contributed by atoms with van der Waals surface area (Å²) in [6.45, 7) is 1.83. The number of aromatic nitrogens is 2. The van der Waals surface area contributed by atoms with Gasteiger partial charge in [0.1, 0.15) is 0 Å². The normalized spacial score (nSPS) is 10.2. The molecule has 0 spiro atoms. The molecule has 0 amide bonds. The van der Waals surface area contributed by atoms with Gasteiger partial charge in [-0.1, -0.05) is 18.2 Å². The number of Topliss-reactive ketones (excluding diaryl/α,β-unsaturated/α-hetero) is 1. The van der Waals surface area contributed by atoms with Crippen molar-refractivity contribution in [2.75, 3.05) is 6.61 Å². The monoisotopic (exact) mass is 230 g/mol. The molecule has 17 heavy (non-hydrogen) atoms. The van der Waals surface area contributed by atoms with Crippen LogP contribution in [0.4, 0.5) is 0 Å². The van der Waals surface area contributed by atoms with Gasteiger partial charge in [0.15, 0.2) is 0 Å². The average Bonchev–Trinajstić information content (AvgIpc) is 2.37. The summed E-state index contributed by atoms with van der Waals surface area (Å²) in [6.07, 6.45) is 3.00. The Labute approximate surface area is 97.4 Å². The minimum atomic E-state index is -0.850. The van der Waals surface area contributed by atoms with E-state index in [1.165, 1.54) is 12.4 Å². The van der Waals surface area contributed by atoms with Crippen LogP contribution in [0.5, 0.6) is 0 Å². The second-order valence-corrected chi connectivity index (χ2v) is 3.35. The Bertz CT molecular complexity index is 575. The highest BCUT2D eigenvalue weighted by Gasteiger charge is 2.19. The zero-order valence-electron chi connectivity index (χ0n) is 9.21. The first-order chi connectivity index (χ1) is 8.24. The Morgan fingerprint density at radius 2 is 2.00 bits per heavy atom. The van der Waals surface area contributed by atoms with Crippen molar-refractivity contribution in [2.45, 2.75) is 6.92 Å². The van der Waals surface area contributed by atoms with Crippen LogP contribution in [0.1, 0.15) is 17.3 Å². The third kappa shape index (κ3) is 2.13. The fourth-order valence-electron chi connectivity index (χ4n) is 1.53. The molecule has 1 aromatic heterocycles. The maximum Gasteiger partial charge on any atom is 0.379 e. The highest BCUT2D eigenvalue weighted by molar-refractivity contribution is 6.42. The first-order valence-corrected chi connectivity index (χ1v) is 5.15. The molecule has 0 aliphatic heterocycles. The molecule has 2 rings (SSSR count). The number of esters is 1. The highest BCUT2D eigenvalue weighted by atomic mass is 16.5. The molecule has 0 bridgehead atoms. The van der Waals surface area contributed by atoms with Crippen LogP contribution in [0.3, 0.4) is 0 Å². The van der Waals surface area contributed by atoms with Gasteiger partial charge in [-0.05, 0) is 6.92 Å². The lowest BCUT2D eigenvalue weighted by Gasteiger charge is -2.04.